The second-order valence-corrected chi connectivity index (χ2v) is 6.20. The molecule has 2 aromatic rings. The Kier molecular flexibility index (Phi) is 3.59. The number of rotatable bonds is 1. The maximum atomic E-state index is 9.98. The van der Waals surface area contributed by atoms with Crippen LogP contribution >= 0.6 is 23.5 Å². The molecule has 0 radical (unpaired) electrons. The molecule has 2 heterocycles. The number of aromatic hydroxyl groups is 1. The molecule has 4 rings (SSSR count). The van der Waals surface area contributed by atoms with Crippen LogP contribution in [0.1, 0.15) is 0 Å². The van der Waals surface area contributed by atoms with E-state index in [4.69, 9.17) is 21.1 Å². The Morgan fingerprint density at radius 3 is 2.87 bits per heavy atom. The minimum atomic E-state index is 0.0444. The summed E-state index contributed by atoms with van der Waals surface area (Å²) in [5.74, 6) is 1.98. The number of aliphatic imine (C=N–C) groups is 1. The average molecular weight is 350 g/mol. The summed E-state index contributed by atoms with van der Waals surface area (Å²) in [7, 11) is 0. The van der Waals surface area contributed by atoms with Crippen LogP contribution < -0.4 is 19.5 Å². The fourth-order valence-corrected chi connectivity index (χ4v) is 3.31. The lowest BCUT2D eigenvalue weighted by Crippen LogP contribution is -2.27. The van der Waals surface area contributed by atoms with Crippen molar-refractivity contribution in [3.8, 4) is 17.2 Å². The van der Waals surface area contributed by atoms with Crippen molar-refractivity contribution < 1.29 is 14.6 Å². The van der Waals surface area contributed by atoms with Crippen LogP contribution in [-0.4, -0.2) is 24.3 Å². The summed E-state index contributed by atoms with van der Waals surface area (Å²) in [6, 6.07) is 8.79. The van der Waals surface area contributed by atoms with E-state index in [0.29, 0.717) is 35.6 Å². The number of hydrogen-bond acceptors (Lipinski definition) is 7. The first-order chi connectivity index (χ1) is 11.2. The number of nitrogens with one attached hydrogen (secondary N) is 2. The molecule has 0 aliphatic carbocycles. The second kappa shape index (κ2) is 5.75. The van der Waals surface area contributed by atoms with Crippen molar-refractivity contribution in [2.24, 2.45) is 4.99 Å². The molecule has 0 spiro atoms. The van der Waals surface area contributed by atoms with Crippen LogP contribution in [0, 0.1) is 0 Å². The molecule has 0 amide bonds. The van der Waals surface area contributed by atoms with Gasteiger partial charge in [0.05, 0.1) is 4.90 Å². The first-order valence-electron chi connectivity index (χ1n) is 6.90. The van der Waals surface area contributed by atoms with E-state index in [2.05, 4.69) is 15.0 Å². The molecule has 23 heavy (non-hydrogen) atoms. The maximum absolute atomic E-state index is 9.98. The Morgan fingerprint density at radius 1 is 1.17 bits per heavy atom. The molecule has 0 saturated heterocycles. The number of fused-ring (bicyclic) bond motifs is 2. The molecule has 2 aliphatic rings. The molecule has 0 fully saturated rings. The predicted molar refractivity (Wildman–Crippen MR) is 90.3 cm³/mol. The van der Waals surface area contributed by atoms with E-state index in [-0.39, 0.29) is 5.75 Å². The van der Waals surface area contributed by atoms with Gasteiger partial charge in [-0.2, -0.15) is 0 Å². The van der Waals surface area contributed by atoms with Gasteiger partial charge in [0.2, 0.25) is 5.96 Å². The summed E-state index contributed by atoms with van der Waals surface area (Å²) in [5.41, 5.74) is 1.29. The number of ether oxygens (including phenoxy) is 2. The molecule has 2 aliphatic heterocycles. The minimum absolute atomic E-state index is 0.0444. The van der Waals surface area contributed by atoms with Gasteiger partial charge in [0, 0.05) is 22.8 Å². The van der Waals surface area contributed by atoms with E-state index in [0.717, 1.165) is 16.3 Å². The highest BCUT2D eigenvalue weighted by atomic mass is 35.5. The summed E-state index contributed by atoms with van der Waals surface area (Å²) in [6.45, 7) is 1.09. The Morgan fingerprint density at radius 2 is 2.00 bits per heavy atom. The summed E-state index contributed by atoms with van der Waals surface area (Å²) in [4.78, 5) is 5.15. The number of guanidine groups is 1. The van der Waals surface area contributed by atoms with E-state index in [1.807, 2.05) is 18.2 Å². The van der Waals surface area contributed by atoms with Crippen molar-refractivity contribution in [3.63, 3.8) is 0 Å². The molecule has 118 valence electrons. The second-order valence-electron chi connectivity index (χ2n) is 4.92. The smallest absolute Gasteiger partial charge is 0.211 e. The average Bonchev–Trinajstić information content (AvgIpc) is 2.55. The number of nitrogens with zero attached hydrogens (tertiary/aromatic N) is 1. The van der Waals surface area contributed by atoms with Crippen molar-refractivity contribution in [1.29, 1.82) is 0 Å². The SMILES string of the molecule is Oc1cc(Cl)cc2c1N=C(Nc1ccc3c(c1)OCCO3)NS2. The lowest BCUT2D eigenvalue weighted by molar-refractivity contribution is 0.171. The zero-order chi connectivity index (χ0) is 15.8. The van der Waals surface area contributed by atoms with E-state index in [9.17, 15) is 5.11 Å². The number of benzene rings is 2. The van der Waals surface area contributed by atoms with Gasteiger partial charge in [-0.05, 0) is 30.1 Å². The number of anilines is 1. The first-order valence-corrected chi connectivity index (χ1v) is 8.09. The number of phenolic OH excluding ortho intramolecular Hbond substituents is 1. The highest BCUT2D eigenvalue weighted by molar-refractivity contribution is 7.98. The van der Waals surface area contributed by atoms with Crippen LogP contribution in [-0.2, 0) is 0 Å². The van der Waals surface area contributed by atoms with E-state index in [1.165, 1.54) is 18.0 Å². The molecule has 8 heteroatoms. The highest BCUT2D eigenvalue weighted by Crippen LogP contribution is 2.41. The van der Waals surface area contributed by atoms with Gasteiger partial charge in [0.1, 0.15) is 24.7 Å². The van der Waals surface area contributed by atoms with Gasteiger partial charge in [-0.15, -0.1) is 0 Å². The van der Waals surface area contributed by atoms with Crippen molar-refractivity contribution >= 4 is 40.9 Å². The van der Waals surface area contributed by atoms with Gasteiger partial charge in [-0.25, -0.2) is 4.99 Å². The van der Waals surface area contributed by atoms with E-state index in [1.54, 1.807) is 6.07 Å². The van der Waals surface area contributed by atoms with Crippen molar-refractivity contribution in [1.82, 2.24) is 4.72 Å². The molecule has 0 atom stereocenters. The number of halogens is 1. The number of phenols is 1. The largest absolute Gasteiger partial charge is 0.506 e. The highest BCUT2D eigenvalue weighted by Gasteiger charge is 2.18. The molecule has 3 N–H and O–H groups in total. The normalized spacial score (nSPS) is 15.3. The predicted octanol–water partition coefficient (Wildman–Crippen LogP) is 3.53. The molecule has 6 nitrogen and oxygen atoms in total. The number of hydrogen-bond donors (Lipinski definition) is 3. The summed E-state index contributed by atoms with van der Waals surface area (Å²) >= 11 is 7.25. The standard InChI is InChI=1S/C15H12ClN3O3S/c16-8-5-10(20)14-13(6-8)23-19-15(18-14)17-9-1-2-11-12(7-9)22-4-3-21-11/h1-2,5-7,20H,3-4H2,(H2,17,18,19). The van der Waals surface area contributed by atoms with Gasteiger partial charge < -0.3 is 19.9 Å². The third-order valence-corrected chi connectivity index (χ3v) is 4.35. The monoisotopic (exact) mass is 349 g/mol. The summed E-state index contributed by atoms with van der Waals surface area (Å²) < 4.78 is 14.1. The van der Waals surface area contributed by atoms with Gasteiger partial charge in [0.15, 0.2) is 11.5 Å². The molecule has 0 bridgehead atoms. The topological polar surface area (TPSA) is 75.1 Å². The van der Waals surface area contributed by atoms with Crippen molar-refractivity contribution in [2.45, 2.75) is 4.90 Å². The molecular formula is C15H12ClN3O3S. The fourth-order valence-electron chi connectivity index (χ4n) is 2.30. The summed E-state index contributed by atoms with van der Waals surface area (Å²) in [6.07, 6.45) is 0. The van der Waals surface area contributed by atoms with Crippen LogP contribution in [0.3, 0.4) is 0 Å². The Balaban J connectivity index is 1.61. The van der Waals surface area contributed by atoms with Gasteiger partial charge >= 0.3 is 0 Å². The van der Waals surface area contributed by atoms with Crippen LogP contribution in [0.4, 0.5) is 11.4 Å². The van der Waals surface area contributed by atoms with Gasteiger partial charge in [0.25, 0.3) is 0 Å². The Bertz CT molecular complexity index is 813. The molecule has 0 unspecified atom stereocenters. The molecule has 0 saturated carbocycles. The maximum Gasteiger partial charge on any atom is 0.211 e. The van der Waals surface area contributed by atoms with Crippen LogP contribution in [0.2, 0.25) is 5.02 Å². The van der Waals surface area contributed by atoms with E-state index < -0.39 is 0 Å². The van der Waals surface area contributed by atoms with Crippen LogP contribution in [0.25, 0.3) is 0 Å². The molecule has 0 aromatic heterocycles. The molecular weight excluding hydrogens is 338 g/mol. The minimum Gasteiger partial charge on any atom is -0.506 e. The van der Waals surface area contributed by atoms with Crippen molar-refractivity contribution in [2.75, 3.05) is 18.5 Å². The third kappa shape index (κ3) is 2.85. The lowest BCUT2D eigenvalue weighted by atomic mass is 10.2. The molecule has 2 aromatic carbocycles. The third-order valence-electron chi connectivity index (χ3n) is 3.31. The van der Waals surface area contributed by atoms with Crippen LogP contribution in [0.5, 0.6) is 17.2 Å². The zero-order valence-electron chi connectivity index (χ0n) is 11.8. The zero-order valence-corrected chi connectivity index (χ0v) is 13.4. The van der Waals surface area contributed by atoms with Crippen molar-refractivity contribution in [3.05, 3.63) is 35.4 Å². The first kappa shape index (κ1) is 14.3. The van der Waals surface area contributed by atoms with Gasteiger partial charge in [-0.1, -0.05) is 11.6 Å². The van der Waals surface area contributed by atoms with E-state index >= 15 is 0 Å². The Hall–Kier alpha value is -2.25. The quantitative estimate of drug-likeness (QED) is 0.684. The summed E-state index contributed by atoms with van der Waals surface area (Å²) in [5, 5.41) is 13.6. The Labute approximate surface area is 141 Å². The fraction of sp³-hybridized carbons (Fsp3) is 0.133. The van der Waals surface area contributed by atoms with Crippen LogP contribution in [0.15, 0.2) is 40.2 Å². The lowest BCUT2D eigenvalue weighted by Gasteiger charge is -2.21. The van der Waals surface area contributed by atoms with Gasteiger partial charge in [-0.3, -0.25) is 4.72 Å².